The van der Waals surface area contributed by atoms with Crippen molar-refractivity contribution in [3.63, 3.8) is 0 Å². The van der Waals surface area contributed by atoms with Gasteiger partial charge in [0.1, 0.15) is 5.75 Å². The third-order valence-corrected chi connectivity index (χ3v) is 4.22. The monoisotopic (exact) mass is 418 g/mol. The summed E-state index contributed by atoms with van der Waals surface area (Å²) in [5.41, 5.74) is 1.15. The molecule has 1 amide bonds. The van der Waals surface area contributed by atoms with Crippen LogP contribution in [0.1, 0.15) is 37.8 Å². The molecule has 0 radical (unpaired) electrons. The number of ether oxygens (including phenoxy) is 2. The van der Waals surface area contributed by atoms with E-state index in [-0.39, 0.29) is 18.2 Å². The highest BCUT2D eigenvalue weighted by atomic mass is 19.1. The molecule has 0 aliphatic heterocycles. The Bertz CT molecular complexity index is 961. The smallest absolute Gasteiger partial charge is 0.344 e. The maximum absolute atomic E-state index is 13.4. The van der Waals surface area contributed by atoms with Gasteiger partial charge in [-0.3, -0.25) is 14.9 Å². The van der Waals surface area contributed by atoms with Gasteiger partial charge in [-0.25, -0.2) is 4.79 Å². The van der Waals surface area contributed by atoms with Crippen molar-refractivity contribution >= 4 is 23.3 Å². The number of halogens is 1. The maximum atomic E-state index is 13.4. The Hall–Kier alpha value is -3.49. The molecule has 0 fully saturated rings. The van der Waals surface area contributed by atoms with E-state index in [4.69, 9.17) is 9.47 Å². The van der Waals surface area contributed by atoms with Crippen LogP contribution >= 0.6 is 0 Å². The molecular formula is C21H23FN2O6. The summed E-state index contributed by atoms with van der Waals surface area (Å²) in [6.07, 6.45) is -1.19. The molecule has 1 atom stereocenters. The Labute approximate surface area is 173 Å². The highest BCUT2D eigenvalue weighted by Gasteiger charge is 2.21. The van der Waals surface area contributed by atoms with Crippen molar-refractivity contribution in [1.82, 2.24) is 0 Å². The van der Waals surface area contributed by atoms with Crippen LogP contribution in [-0.4, -0.2) is 29.5 Å². The van der Waals surface area contributed by atoms with E-state index in [1.165, 1.54) is 13.0 Å². The summed E-state index contributed by atoms with van der Waals surface area (Å²) in [5.74, 6) is -1.73. The van der Waals surface area contributed by atoms with Gasteiger partial charge in [-0.15, -0.1) is 0 Å². The van der Waals surface area contributed by atoms with Crippen molar-refractivity contribution in [3.05, 3.63) is 63.5 Å². The highest BCUT2D eigenvalue weighted by Crippen LogP contribution is 2.27. The first-order valence-electron chi connectivity index (χ1n) is 9.26. The number of hydrogen-bond donors (Lipinski definition) is 1. The molecule has 9 heteroatoms. The average Bonchev–Trinajstić information content (AvgIpc) is 2.67. The van der Waals surface area contributed by atoms with Crippen LogP contribution in [-0.2, 0) is 14.3 Å². The van der Waals surface area contributed by atoms with Gasteiger partial charge in [-0.2, -0.15) is 4.39 Å². The Balaban J connectivity index is 1.95. The third-order valence-electron chi connectivity index (χ3n) is 4.22. The molecule has 2 aromatic carbocycles. The predicted octanol–water partition coefficient (Wildman–Crippen LogP) is 4.11. The quantitative estimate of drug-likeness (QED) is 0.393. The topological polar surface area (TPSA) is 108 Å². The predicted molar refractivity (Wildman–Crippen MR) is 108 cm³/mol. The second-order valence-electron chi connectivity index (χ2n) is 7.03. The van der Waals surface area contributed by atoms with E-state index in [0.717, 1.165) is 23.3 Å². The van der Waals surface area contributed by atoms with Gasteiger partial charge in [0.2, 0.25) is 5.82 Å². The number of nitrogens with one attached hydrogen (secondary N) is 1. The second-order valence-corrected chi connectivity index (χ2v) is 7.03. The molecule has 0 heterocycles. The van der Waals surface area contributed by atoms with Crippen molar-refractivity contribution in [2.75, 3.05) is 11.9 Å². The second kappa shape index (κ2) is 9.82. The fourth-order valence-electron chi connectivity index (χ4n) is 2.64. The number of rotatable bonds is 8. The number of benzene rings is 2. The molecule has 1 N–H and O–H groups in total. The SMILES string of the molecule is Cc1ccc(C(C)C)c(OCC(=O)OC(C)C(=O)Nc2ccc(F)c([N+](=O)[O-])c2)c1. The number of nitrogens with zero attached hydrogens (tertiary/aromatic N) is 1. The lowest BCUT2D eigenvalue weighted by atomic mass is 10.0. The van der Waals surface area contributed by atoms with E-state index in [1.54, 1.807) is 0 Å². The molecule has 0 aliphatic carbocycles. The van der Waals surface area contributed by atoms with E-state index in [1.807, 2.05) is 39.0 Å². The Morgan fingerprint density at radius 1 is 1.17 bits per heavy atom. The normalized spacial score (nSPS) is 11.7. The summed E-state index contributed by atoms with van der Waals surface area (Å²) < 4.78 is 24.0. The first kappa shape index (κ1) is 22.8. The summed E-state index contributed by atoms with van der Waals surface area (Å²) in [4.78, 5) is 34.1. The number of aryl methyl sites for hydroxylation is 1. The number of nitro benzene ring substituents is 1. The Morgan fingerprint density at radius 3 is 2.50 bits per heavy atom. The molecule has 2 aromatic rings. The summed E-state index contributed by atoms with van der Waals surface area (Å²) in [7, 11) is 0. The minimum atomic E-state index is -1.19. The van der Waals surface area contributed by atoms with Gasteiger partial charge in [0.05, 0.1) is 4.92 Å². The van der Waals surface area contributed by atoms with Gasteiger partial charge in [0.25, 0.3) is 5.91 Å². The lowest BCUT2D eigenvalue weighted by Gasteiger charge is -2.16. The van der Waals surface area contributed by atoms with Crippen LogP contribution in [0.2, 0.25) is 0 Å². The van der Waals surface area contributed by atoms with Crippen molar-refractivity contribution < 1.29 is 28.4 Å². The van der Waals surface area contributed by atoms with Gasteiger partial charge >= 0.3 is 11.7 Å². The van der Waals surface area contributed by atoms with Gasteiger partial charge in [0, 0.05) is 11.8 Å². The number of esters is 1. The fraction of sp³-hybridized carbons (Fsp3) is 0.333. The highest BCUT2D eigenvalue weighted by molar-refractivity contribution is 5.95. The van der Waals surface area contributed by atoms with Gasteiger partial charge in [0.15, 0.2) is 12.7 Å². The standard InChI is InChI=1S/C21H23FN2O6/c1-12(2)16-7-5-13(3)9-19(16)29-11-20(25)30-14(4)21(26)23-15-6-8-17(22)18(10-15)24(27)28/h5-10,12,14H,11H2,1-4H3,(H,23,26). The minimum absolute atomic E-state index is 0.00795. The van der Waals surface area contributed by atoms with Gasteiger partial charge < -0.3 is 14.8 Å². The Morgan fingerprint density at radius 2 is 1.87 bits per heavy atom. The van der Waals surface area contributed by atoms with E-state index in [0.29, 0.717) is 5.75 Å². The van der Waals surface area contributed by atoms with E-state index >= 15 is 0 Å². The van der Waals surface area contributed by atoms with Crippen molar-refractivity contribution in [2.45, 2.75) is 39.7 Å². The number of amides is 1. The van der Waals surface area contributed by atoms with Crippen LogP contribution < -0.4 is 10.1 Å². The van der Waals surface area contributed by atoms with Crippen molar-refractivity contribution in [2.24, 2.45) is 0 Å². The van der Waals surface area contributed by atoms with Crippen LogP contribution in [0.3, 0.4) is 0 Å². The zero-order chi connectivity index (χ0) is 22.4. The summed E-state index contributed by atoms with van der Waals surface area (Å²) >= 11 is 0. The first-order chi connectivity index (χ1) is 14.1. The zero-order valence-corrected chi connectivity index (χ0v) is 17.1. The molecule has 160 valence electrons. The lowest BCUT2D eigenvalue weighted by Crippen LogP contribution is -2.31. The van der Waals surface area contributed by atoms with E-state index in [9.17, 15) is 24.1 Å². The number of nitro groups is 1. The van der Waals surface area contributed by atoms with Crippen LogP contribution in [0.25, 0.3) is 0 Å². The maximum Gasteiger partial charge on any atom is 0.344 e. The molecule has 0 saturated carbocycles. The molecule has 0 aliphatic rings. The van der Waals surface area contributed by atoms with E-state index in [2.05, 4.69) is 5.32 Å². The molecule has 0 aromatic heterocycles. The van der Waals surface area contributed by atoms with Crippen LogP contribution in [0.15, 0.2) is 36.4 Å². The molecule has 30 heavy (non-hydrogen) atoms. The molecule has 8 nitrogen and oxygen atoms in total. The first-order valence-corrected chi connectivity index (χ1v) is 9.26. The number of carbonyl (C=O) groups is 2. The molecule has 0 saturated heterocycles. The fourth-order valence-corrected chi connectivity index (χ4v) is 2.64. The van der Waals surface area contributed by atoms with Crippen molar-refractivity contribution in [3.8, 4) is 5.75 Å². The van der Waals surface area contributed by atoms with E-state index < -0.39 is 34.4 Å². The summed E-state index contributed by atoms with van der Waals surface area (Å²) in [6.45, 7) is 6.87. The van der Waals surface area contributed by atoms with Gasteiger partial charge in [-0.05, 0) is 49.1 Å². The third kappa shape index (κ3) is 6.00. The van der Waals surface area contributed by atoms with Crippen LogP contribution in [0.5, 0.6) is 5.75 Å². The van der Waals surface area contributed by atoms with Gasteiger partial charge in [-0.1, -0.05) is 26.0 Å². The number of anilines is 1. The molecule has 1 unspecified atom stereocenters. The molecular weight excluding hydrogens is 395 g/mol. The van der Waals surface area contributed by atoms with Crippen LogP contribution in [0.4, 0.5) is 15.8 Å². The minimum Gasteiger partial charge on any atom is -0.482 e. The van der Waals surface area contributed by atoms with Crippen LogP contribution in [0, 0.1) is 22.9 Å². The molecule has 0 spiro atoms. The number of carbonyl (C=O) groups excluding carboxylic acids is 2. The molecule has 2 rings (SSSR count). The summed E-state index contributed by atoms with van der Waals surface area (Å²) in [6, 6.07) is 8.62. The Kier molecular flexibility index (Phi) is 7.46. The number of hydrogen-bond acceptors (Lipinski definition) is 6. The average molecular weight is 418 g/mol. The summed E-state index contributed by atoms with van der Waals surface area (Å²) in [5, 5.41) is 13.1. The largest absolute Gasteiger partial charge is 0.482 e. The molecule has 0 bridgehead atoms. The zero-order valence-electron chi connectivity index (χ0n) is 17.1. The van der Waals surface area contributed by atoms with Crippen molar-refractivity contribution in [1.29, 1.82) is 0 Å². The lowest BCUT2D eigenvalue weighted by molar-refractivity contribution is -0.387.